The minimum Gasteiger partial charge on any atom is -0.406 e. The fourth-order valence-corrected chi connectivity index (χ4v) is 1.04. The summed E-state index contributed by atoms with van der Waals surface area (Å²) in [5.41, 5.74) is 0. The van der Waals surface area contributed by atoms with Crippen LogP contribution in [0.4, 0.5) is 6.01 Å². The lowest BCUT2D eigenvalue weighted by atomic mass is 10.4. The predicted molar refractivity (Wildman–Crippen MR) is 60.4 cm³/mol. The molecule has 0 radical (unpaired) electrons. The van der Waals surface area contributed by atoms with Crippen molar-refractivity contribution in [3.63, 3.8) is 0 Å². The van der Waals surface area contributed by atoms with Crippen LogP contribution >= 0.6 is 11.6 Å². The fourth-order valence-electron chi connectivity index (χ4n) is 0.950. The van der Waals surface area contributed by atoms with Crippen LogP contribution < -0.4 is 10.6 Å². The van der Waals surface area contributed by atoms with Crippen molar-refractivity contribution in [3.8, 4) is 0 Å². The molecule has 0 aromatic carbocycles. The summed E-state index contributed by atoms with van der Waals surface area (Å²) in [5, 5.41) is 12.5. The van der Waals surface area contributed by atoms with E-state index in [2.05, 4.69) is 20.8 Å². The molecule has 0 bridgehead atoms. The molecule has 1 atom stereocenters. The summed E-state index contributed by atoms with van der Waals surface area (Å²) < 4.78 is 5.15. The van der Waals surface area contributed by atoms with Gasteiger partial charge in [-0.1, -0.05) is 12.0 Å². The van der Waals surface area contributed by atoms with E-state index in [1.54, 1.807) is 6.92 Å². The van der Waals surface area contributed by atoms with E-state index < -0.39 is 0 Å². The number of hydrogen-bond donors (Lipinski definition) is 2. The van der Waals surface area contributed by atoms with E-state index in [-0.39, 0.29) is 23.8 Å². The molecule has 2 N–H and O–H groups in total. The molecule has 0 spiro atoms. The number of amides is 1. The second-order valence-electron chi connectivity index (χ2n) is 3.26. The molecular weight excluding hydrogens is 232 g/mol. The predicted octanol–water partition coefficient (Wildman–Crippen LogP) is 1.31. The Morgan fingerprint density at radius 1 is 1.56 bits per heavy atom. The molecule has 0 aliphatic rings. The van der Waals surface area contributed by atoms with Crippen LogP contribution in [0.15, 0.2) is 4.42 Å². The zero-order valence-electron chi connectivity index (χ0n) is 9.29. The minimum atomic E-state index is -0.336. The Kier molecular flexibility index (Phi) is 5.04. The van der Waals surface area contributed by atoms with Crippen molar-refractivity contribution in [3.05, 3.63) is 5.89 Å². The number of rotatable bonds is 6. The Morgan fingerprint density at radius 2 is 2.31 bits per heavy atom. The maximum absolute atomic E-state index is 11.2. The van der Waals surface area contributed by atoms with Gasteiger partial charge in [0, 0.05) is 6.54 Å². The summed E-state index contributed by atoms with van der Waals surface area (Å²) in [6.07, 6.45) is 0.903. The highest BCUT2D eigenvalue weighted by Gasteiger charge is 2.11. The van der Waals surface area contributed by atoms with Crippen molar-refractivity contribution in [2.24, 2.45) is 0 Å². The molecule has 1 rings (SSSR count). The van der Waals surface area contributed by atoms with Crippen LogP contribution in [0.2, 0.25) is 0 Å². The SMILES string of the molecule is CCCNC(=O)CNc1nnc(C(C)Cl)o1. The fraction of sp³-hybridized carbons (Fsp3) is 0.667. The molecule has 90 valence electrons. The lowest BCUT2D eigenvalue weighted by molar-refractivity contribution is -0.119. The van der Waals surface area contributed by atoms with Gasteiger partial charge in [-0.25, -0.2) is 0 Å². The second-order valence-corrected chi connectivity index (χ2v) is 3.92. The molecule has 16 heavy (non-hydrogen) atoms. The largest absolute Gasteiger partial charge is 0.406 e. The maximum Gasteiger partial charge on any atom is 0.315 e. The first-order chi connectivity index (χ1) is 7.63. The minimum absolute atomic E-state index is 0.109. The monoisotopic (exact) mass is 246 g/mol. The molecule has 7 heteroatoms. The van der Waals surface area contributed by atoms with E-state index in [1.165, 1.54) is 0 Å². The van der Waals surface area contributed by atoms with Gasteiger partial charge in [0.1, 0.15) is 5.38 Å². The van der Waals surface area contributed by atoms with E-state index in [1.807, 2.05) is 6.92 Å². The van der Waals surface area contributed by atoms with Gasteiger partial charge in [0.05, 0.1) is 6.54 Å². The molecule has 0 fully saturated rings. The van der Waals surface area contributed by atoms with Crippen molar-refractivity contribution >= 4 is 23.5 Å². The summed E-state index contributed by atoms with van der Waals surface area (Å²) in [6.45, 7) is 4.49. The first-order valence-corrected chi connectivity index (χ1v) is 5.55. The topological polar surface area (TPSA) is 80.0 Å². The summed E-state index contributed by atoms with van der Waals surface area (Å²) in [5.74, 6) is 0.221. The number of aromatic nitrogens is 2. The van der Waals surface area contributed by atoms with Gasteiger partial charge >= 0.3 is 6.01 Å². The first-order valence-electron chi connectivity index (χ1n) is 5.11. The van der Waals surface area contributed by atoms with Crippen LogP contribution in [0.25, 0.3) is 0 Å². The Bertz CT molecular complexity index is 340. The smallest absolute Gasteiger partial charge is 0.315 e. The number of nitrogens with one attached hydrogen (secondary N) is 2. The summed E-state index contributed by atoms with van der Waals surface area (Å²) in [4.78, 5) is 11.2. The molecule has 1 unspecified atom stereocenters. The molecule has 1 aromatic rings. The number of anilines is 1. The first kappa shape index (κ1) is 12.8. The van der Waals surface area contributed by atoms with Gasteiger partial charge < -0.3 is 15.1 Å². The second kappa shape index (κ2) is 6.32. The highest BCUT2D eigenvalue weighted by atomic mass is 35.5. The third-order valence-electron chi connectivity index (χ3n) is 1.75. The number of alkyl halides is 1. The van der Waals surface area contributed by atoms with Gasteiger partial charge in [-0.05, 0) is 13.3 Å². The lowest BCUT2D eigenvalue weighted by Gasteiger charge is -2.02. The van der Waals surface area contributed by atoms with E-state index in [4.69, 9.17) is 16.0 Å². The van der Waals surface area contributed by atoms with Gasteiger partial charge in [0.25, 0.3) is 0 Å². The summed E-state index contributed by atoms with van der Waals surface area (Å²) in [7, 11) is 0. The van der Waals surface area contributed by atoms with Gasteiger partial charge in [0.2, 0.25) is 11.8 Å². The summed E-state index contributed by atoms with van der Waals surface area (Å²) in [6, 6.07) is 0.203. The zero-order chi connectivity index (χ0) is 12.0. The Labute approximate surface area is 98.8 Å². The Balaban J connectivity index is 2.33. The molecule has 1 amide bonds. The Morgan fingerprint density at radius 3 is 2.88 bits per heavy atom. The molecule has 1 aromatic heterocycles. The van der Waals surface area contributed by atoms with Crippen molar-refractivity contribution in [2.45, 2.75) is 25.6 Å². The van der Waals surface area contributed by atoms with Crippen LogP contribution in [0.5, 0.6) is 0 Å². The van der Waals surface area contributed by atoms with Crippen molar-refractivity contribution < 1.29 is 9.21 Å². The van der Waals surface area contributed by atoms with Crippen LogP contribution in [0.3, 0.4) is 0 Å². The standard InChI is InChI=1S/C9H15ClN4O2/c1-3-4-11-7(15)5-12-9-14-13-8(16-9)6(2)10/h6H,3-5H2,1-2H3,(H,11,15)(H,12,14). The van der Waals surface area contributed by atoms with E-state index in [0.29, 0.717) is 12.4 Å². The number of nitrogens with zero attached hydrogens (tertiary/aromatic N) is 2. The van der Waals surface area contributed by atoms with Crippen LogP contribution in [0.1, 0.15) is 31.5 Å². The number of hydrogen-bond acceptors (Lipinski definition) is 5. The molecule has 0 saturated heterocycles. The molecule has 0 aliphatic carbocycles. The number of carbonyl (C=O) groups is 1. The molecule has 0 aliphatic heterocycles. The summed E-state index contributed by atoms with van der Waals surface area (Å²) >= 11 is 5.74. The van der Waals surface area contributed by atoms with E-state index in [9.17, 15) is 4.79 Å². The average Bonchev–Trinajstić information content (AvgIpc) is 2.72. The normalized spacial score (nSPS) is 12.2. The van der Waals surface area contributed by atoms with Crippen LogP contribution in [-0.2, 0) is 4.79 Å². The van der Waals surface area contributed by atoms with Gasteiger partial charge in [-0.3, -0.25) is 4.79 Å². The highest BCUT2D eigenvalue weighted by molar-refractivity contribution is 6.20. The van der Waals surface area contributed by atoms with E-state index in [0.717, 1.165) is 6.42 Å². The average molecular weight is 247 g/mol. The Hall–Kier alpha value is -1.30. The number of carbonyl (C=O) groups excluding carboxylic acids is 1. The third-order valence-corrected chi connectivity index (χ3v) is 1.94. The van der Waals surface area contributed by atoms with Crippen LogP contribution in [0, 0.1) is 0 Å². The molecule has 0 saturated carbocycles. The maximum atomic E-state index is 11.2. The number of halogens is 1. The van der Waals surface area contributed by atoms with Gasteiger partial charge in [0.15, 0.2) is 0 Å². The molecular formula is C9H15ClN4O2. The zero-order valence-corrected chi connectivity index (χ0v) is 10.0. The molecule has 6 nitrogen and oxygen atoms in total. The van der Waals surface area contributed by atoms with Gasteiger partial charge in [-0.15, -0.1) is 16.7 Å². The van der Waals surface area contributed by atoms with Crippen molar-refractivity contribution in [1.29, 1.82) is 0 Å². The lowest BCUT2D eigenvalue weighted by Crippen LogP contribution is -2.30. The van der Waals surface area contributed by atoms with Gasteiger partial charge in [-0.2, -0.15) is 0 Å². The highest BCUT2D eigenvalue weighted by Crippen LogP contribution is 2.18. The van der Waals surface area contributed by atoms with Crippen molar-refractivity contribution in [2.75, 3.05) is 18.4 Å². The van der Waals surface area contributed by atoms with Crippen LogP contribution in [-0.4, -0.2) is 29.2 Å². The third kappa shape index (κ3) is 4.06. The van der Waals surface area contributed by atoms with Crippen molar-refractivity contribution in [1.82, 2.24) is 15.5 Å². The van der Waals surface area contributed by atoms with E-state index >= 15 is 0 Å². The molecule has 1 heterocycles. The quantitative estimate of drug-likeness (QED) is 0.740.